The Hall–Kier alpha value is -2.91. The Morgan fingerprint density at radius 3 is 1.64 bits per heavy atom. The molecule has 0 saturated carbocycles. The molecule has 0 aliphatic carbocycles. The third kappa shape index (κ3) is 8.18. The van der Waals surface area contributed by atoms with Crippen LogP contribution in [0.25, 0.3) is 22.3 Å². The molecule has 0 aliphatic rings. The van der Waals surface area contributed by atoms with E-state index in [9.17, 15) is 4.79 Å². The van der Waals surface area contributed by atoms with Crippen LogP contribution in [0, 0.1) is 0 Å². The molecular weight excluding hydrogens is 408 g/mol. The van der Waals surface area contributed by atoms with Gasteiger partial charge in [-0.1, -0.05) is 112 Å². The predicted molar refractivity (Wildman–Crippen MR) is 136 cm³/mol. The van der Waals surface area contributed by atoms with Gasteiger partial charge in [0.25, 0.3) is 0 Å². The van der Waals surface area contributed by atoms with Crippen LogP contribution in [0.2, 0.25) is 0 Å². The molecule has 0 atom stereocenters. The summed E-state index contributed by atoms with van der Waals surface area (Å²) >= 11 is 0. The molecule has 3 aromatic carbocycles. The standard InChI is InChI=1S/C30H36O3/c31-23-13-6-4-2-1-3-5-7-14-24-33-30(32)27-21-19-26(20-22-27)29-18-12-11-17-28(29)25-15-9-8-10-16-25/h8-12,15-22,31H,1-7,13-14,23-24H2. The molecule has 3 heteroatoms. The van der Waals surface area contributed by atoms with E-state index in [0.717, 1.165) is 36.8 Å². The van der Waals surface area contributed by atoms with Crippen molar-refractivity contribution in [1.82, 2.24) is 0 Å². The molecule has 0 aromatic heterocycles. The van der Waals surface area contributed by atoms with Crippen molar-refractivity contribution in [2.24, 2.45) is 0 Å². The molecule has 3 rings (SSSR count). The third-order valence-corrected chi connectivity index (χ3v) is 5.98. The first-order chi connectivity index (χ1) is 16.3. The molecule has 0 heterocycles. The topological polar surface area (TPSA) is 46.5 Å². The maximum absolute atomic E-state index is 12.4. The highest BCUT2D eigenvalue weighted by Crippen LogP contribution is 2.32. The molecule has 0 spiro atoms. The Kier molecular flexibility index (Phi) is 10.7. The number of esters is 1. The normalized spacial score (nSPS) is 10.8. The van der Waals surface area contributed by atoms with Gasteiger partial charge in [-0.25, -0.2) is 4.79 Å². The lowest BCUT2D eigenvalue weighted by Gasteiger charge is -2.11. The van der Waals surface area contributed by atoms with Gasteiger partial charge in [0.15, 0.2) is 0 Å². The minimum absolute atomic E-state index is 0.248. The number of ether oxygens (including phenoxy) is 1. The van der Waals surface area contributed by atoms with Crippen LogP contribution in [-0.4, -0.2) is 24.3 Å². The zero-order valence-electron chi connectivity index (χ0n) is 19.5. The number of carbonyl (C=O) groups excluding carboxylic acids is 1. The lowest BCUT2D eigenvalue weighted by molar-refractivity contribution is 0.0497. The van der Waals surface area contributed by atoms with E-state index >= 15 is 0 Å². The van der Waals surface area contributed by atoms with E-state index in [4.69, 9.17) is 9.84 Å². The molecule has 3 aromatic rings. The van der Waals surface area contributed by atoms with Crippen LogP contribution >= 0.6 is 0 Å². The Bertz CT molecular complexity index is 948. The summed E-state index contributed by atoms with van der Waals surface area (Å²) in [6.45, 7) is 0.791. The fourth-order valence-electron chi connectivity index (χ4n) is 4.09. The number of unbranched alkanes of at least 4 members (excludes halogenated alkanes) is 8. The lowest BCUT2D eigenvalue weighted by atomic mass is 9.94. The molecule has 3 nitrogen and oxygen atoms in total. The van der Waals surface area contributed by atoms with Crippen LogP contribution in [-0.2, 0) is 4.74 Å². The molecule has 0 bridgehead atoms. The smallest absolute Gasteiger partial charge is 0.338 e. The second kappa shape index (κ2) is 14.3. The van der Waals surface area contributed by atoms with E-state index in [1.54, 1.807) is 0 Å². The lowest BCUT2D eigenvalue weighted by Crippen LogP contribution is -2.06. The summed E-state index contributed by atoms with van der Waals surface area (Å²) in [7, 11) is 0. The molecule has 0 saturated heterocycles. The van der Waals surface area contributed by atoms with E-state index in [0.29, 0.717) is 18.8 Å². The van der Waals surface area contributed by atoms with Gasteiger partial charge in [-0.2, -0.15) is 0 Å². The van der Waals surface area contributed by atoms with Gasteiger partial charge < -0.3 is 9.84 Å². The number of aliphatic hydroxyl groups excluding tert-OH is 1. The molecule has 174 valence electrons. The van der Waals surface area contributed by atoms with Crippen molar-refractivity contribution in [2.75, 3.05) is 13.2 Å². The summed E-state index contributed by atoms with van der Waals surface area (Å²) in [6, 6.07) is 26.4. The number of rotatable bonds is 14. The molecule has 0 fully saturated rings. The van der Waals surface area contributed by atoms with Crippen LogP contribution in [0.3, 0.4) is 0 Å². The third-order valence-electron chi connectivity index (χ3n) is 5.98. The summed E-state index contributed by atoms with van der Waals surface area (Å²) in [5, 5.41) is 8.77. The number of hydrogen-bond donors (Lipinski definition) is 1. The first-order valence-electron chi connectivity index (χ1n) is 12.3. The summed E-state index contributed by atoms with van der Waals surface area (Å²) in [5.74, 6) is -0.248. The van der Waals surface area contributed by atoms with Crippen molar-refractivity contribution in [1.29, 1.82) is 0 Å². The van der Waals surface area contributed by atoms with Crippen LogP contribution < -0.4 is 0 Å². The van der Waals surface area contributed by atoms with E-state index in [1.165, 1.54) is 43.2 Å². The van der Waals surface area contributed by atoms with Crippen molar-refractivity contribution < 1.29 is 14.6 Å². The summed E-state index contributed by atoms with van der Waals surface area (Å²) in [6.07, 6.45) is 10.2. The Labute approximate surface area is 198 Å². The van der Waals surface area contributed by atoms with Crippen molar-refractivity contribution in [2.45, 2.75) is 57.8 Å². The summed E-state index contributed by atoms with van der Waals surface area (Å²) in [5.41, 5.74) is 5.19. The van der Waals surface area contributed by atoms with Gasteiger partial charge >= 0.3 is 5.97 Å². The Balaban J connectivity index is 1.42. The van der Waals surface area contributed by atoms with Gasteiger partial charge in [0.05, 0.1) is 12.2 Å². The fraction of sp³-hybridized carbons (Fsp3) is 0.367. The molecule has 0 amide bonds. The van der Waals surface area contributed by atoms with Crippen molar-refractivity contribution in [3.05, 3.63) is 84.4 Å². The molecule has 0 radical (unpaired) electrons. The molecule has 0 unspecified atom stereocenters. The minimum atomic E-state index is -0.248. The van der Waals surface area contributed by atoms with Crippen LogP contribution in [0.15, 0.2) is 78.9 Å². The number of hydrogen-bond acceptors (Lipinski definition) is 3. The highest BCUT2D eigenvalue weighted by Gasteiger charge is 2.10. The average molecular weight is 445 g/mol. The summed E-state index contributed by atoms with van der Waals surface area (Å²) < 4.78 is 5.48. The van der Waals surface area contributed by atoms with Crippen molar-refractivity contribution in [3.8, 4) is 22.3 Å². The van der Waals surface area contributed by atoms with E-state index in [-0.39, 0.29) is 5.97 Å². The van der Waals surface area contributed by atoms with Gasteiger partial charge in [0.1, 0.15) is 0 Å². The maximum atomic E-state index is 12.4. The molecule has 33 heavy (non-hydrogen) atoms. The predicted octanol–water partition coefficient (Wildman–Crippen LogP) is 7.68. The highest BCUT2D eigenvalue weighted by atomic mass is 16.5. The minimum Gasteiger partial charge on any atom is -0.462 e. The van der Waals surface area contributed by atoms with E-state index in [2.05, 4.69) is 30.3 Å². The first kappa shape index (κ1) is 24.7. The van der Waals surface area contributed by atoms with E-state index < -0.39 is 0 Å². The zero-order chi connectivity index (χ0) is 23.1. The van der Waals surface area contributed by atoms with Crippen LogP contribution in [0.4, 0.5) is 0 Å². The highest BCUT2D eigenvalue weighted by molar-refractivity contribution is 5.91. The van der Waals surface area contributed by atoms with Crippen LogP contribution in [0.5, 0.6) is 0 Å². The second-order valence-electron chi connectivity index (χ2n) is 8.53. The monoisotopic (exact) mass is 444 g/mol. The fourth-order valence-corrected chi connectivity index (χ4v) is 4.09. The number of benzene rings is 3. The SMILES string of the molecule is O=C(OCCCCCCCCCCCO)c1ccc(-c2ccccc2-c2ccccc2)cc1. The van der Waals surface area contributed by atoms with Gasteiger partial charge in [-0.3, -0.25) is 0 Å². The molecule has 0 aliphatic heterocycles. The second-order valence-corrected chi connectivity index (χ2v) is 8.53. The van der Waals surface area contributed by atoms with Crippen LogP contribution in [0.1, 0.15) is 68.1 Å². The van der Waals surface area contributed by atoms with Gasteiger partial charge in [-0.15, -0.1) is 0 Å². The molecular formula is C30H36O3. The number of aliphatic hydroxyl groups is 1. The van der Waals surface area contributed by atoms with Crippen molar-refractivity contribution in [3.63, 3.8) is 0 Å². The zero-order valence-corrected chi connectivity index (χ0v) is 19.5. The maximum Gasteiger partial charge on any atom is 0.338 e. The van der Waals surface area contributed by atoms with Crippen molar-refractivity contribution >= 4 is 5.97 Å². The largest absolute Gasteiger partial charge is 0.462 e. The van der Waals surface area contributed by atoms with E-state index in [1.807, 2.05) is 48.5 Å². The van der Waals surface area contributed by atoms with Gasteiger partial charge in [0, 0.05) is 6.61 Å². The summed E-state index contributed by atoms with van der Waals surface area (Å²) in [4.78, 5) is 12.4. The Morgan fingerprint density at radius 1 is 0.576 bits per heavy atom. The molecule has 1 N–H and O–H groups in total. The first-order valence-corrected chi connectivity index (χ1v) is 12.3. The van der Waals surface area contributed by atoms with Gasteiger partial charge in [-0.05, 0) is 47.2 Å². The number of carbonyl (C=O) groups is 1. The van der Waals surface area contributed by atoms with Gasteiger partial charge in [0.2, 0.25) is 0 Å². The quantitative estimate of drug-likeness (QED) is 0.205. The Morgan fingerprint density at radius 2 is 1.06 bits per heavy atom. The average Bonchev–Trinajstić information content (AvgIpc) is 2.88.